The van der Waals surface area contributed by atoms with Gasteiger partial charge in [-0.25, -0.2) is 0 Å². The molecule has 0 aliphatic heterocycles. The summed E-state index contributed by atoms with van der Waals surface area (Å²) in [6, 6.07) is 5.04. The molecule has 1 aromatic rings. The summed E-state index contributed by atoms with van der Waals surface area (Å²) in [5, 5.41) is 8.89. The van der Waals surface area contributed by atoms with Crippen LogP contribution in [0, 0.1) is 0 Å². The Labute approximate surface area is 137 Å². The number of hydrogen-bond donors (Lipinski definition) is 2. The summed E-state index contributed by atoms with van der Waals surface area (Å²) in [7, 11) is 3.59. The molecule has 2 N–H and O–H groups in total. The first-order valence-corrected chi connectivity index (χ1v) is 8.91. The number of aliphatic imine (C=N–C) groups is 1. The number of thiophene rings is 1. The van der Waals surface area contributed by atoms with E-state index in [4.69, 9.17) is 4.74 Å². The Morgan fingerprint density at radius 2 is 2.18 bits per heavy atom. The van der Waals surface area contributed by atoms with Crippen molar-refractivity contribution in [1.29, 1.82) is 0 Å². The number of nitrogens with one attached hydrogen (secondary N) is 2. The topological polar surface area (TPSA) is 48.9 Å². The van der Waals surface area contributed by atoms with Crippen molar-refractivity contribution in [2.75, 3.05) is 46.9 Å². The van der Waals surface area contributed by atoms with Gasteiger partial charge >= 0.3 is 0 Å². The highest BCUT2D eigenvalue weighted by Gasteiger charge is 2.28. The number of rotatable bonds is 10. The Morgan fingerprint density at radius 1 is 1.36 bits per heavy atom. The van der Waals surface area contributed by atoms with Gasteiger partial charge in [0.25, 0.3) is 0 Å². The van der Waals surface area contributed by atoms with Crippen LogP contribution in [0.5, 0.6) is 0 Å². The van der Waals surface area contributed by atoms with Gasteiger partial charge in [-0.15, -0.1) is 11.3 Å². The molecule has 0 unspecified atom stereocenters. The molecule has 0 aromatic carbocycles. The van der Waals surface area contributed by atoms with Crippen molar-refractivity contribution in [1.82, 2.24) is 15.5 Å². The molecule has 1 saturated carbocycles. The quantitative estimate of drug-likeness (QED) is 0.507. The van der Waals surface area contributed by atoms with Crippen molar-refractivity contribution in [3.05, 3.63) is 22.4 Å². The Balaban J connectivity index is 1.60. The molecule has 5 nitrogen and oxygen atoms in total. The lowest BCUT2D eigenvalue weighted by molar-refractivity contribution is 0.144. The van der Waals surface area contributed by atoms with E-state index in [-0.39, 0.29) is 0 Å². The van der Waals surface area contributed by atoms with Crippen molar-refractivity contribution in [2.24, 2.45) is 4.99 Å². The molecule has 0 spiro atoms. The third-order valence-electron chi connectivity index (χ3n) is 3.80. The lowest BCUT2D eigenvalue weighted by Gasteiger charge is -2.22. The standard InChI is InChI=1S/C16H28N4OS/c1-17-16(18-8-7-15-4-3-13-22-15)19-9-10-20(11-12-21-2)14-5-6-14/h3-4,13-14H,5-12H2,1-2H3,(H2,17,18,19). The van der Waals surface area contributed by atoms with Crippen molar-refractivity contribution in [3.8, 4) is 0 Å². The maximum atomic E-state index is 5.19. The molecule has 0 amide bonds. The van der Waals surface area contributed by atoms with Crippen LogP contribution in [0.15, 0.2) is 22.5 Å². The molecule has 1 heterocycles. The molecular formula is C16H28N4OS. The fourth-order valence-electron chi connectivity index (χ4n) is 2.42. The first kappa shape index (κ1) is 17.2. The van der Waals surface area contributed by atoms with Gasteiger partial charge in [-0.1, -0.05) is 6.07 Å². The summed E-state index contributed by atoms with van der Waals surface area (Å²) in [5.41, 5.74) is 0. The Bertz CT molecular complexity index is 431. The molecule has 2 rings (SSSR count). The lowest BCUT2D eigenvalue weighted by atomic mass is 10.3. The van der Waals surface area contributed by atoms with Crippen molar-refractivity contribution in [3.63, 3.8) is 0 Å². The molecule has 1 aliphatic rings. The van der Waals surface area contributed by atoms with Crippen molar-refractivity contribution >= 4 is 17.3 Å². The molecule has 0 saturated heterocycles. The predicted octanol–water partition coefficient (Wildman–Crippen LogP) is 1.57. The second-order valence-electron chi connectivity index (χ2n) is 5.52. The van der Waals surface area contributed by atoms with E-state index >= 15 is 0 Å². The molecule has 1 aromatic heterocycles. The van der Waals surface area contributed by atoms with Crippen molar-refractivity contribution in [2.45, 2.75) is 25.3 Å². The first-order chi connectivity index (χ1) is 10.8. The highest BCUT2D eigenvalue weighted by Crippen LogP contribution is 2.25. The maximum Gasteiger partial charge on any atom is 0.191 e. The minimum Gasteiger partial charge on any atom is -0.383 e. The van der Waals surface area contributed by atoms with E-state index in [0.29, 0.717) is 0 Å². The van der Waals surface area contributed by atoms with Gasteiger partial charge in [0, 0.05) is 51.3 Å². The Kier molecular flexibility index (Phi) is 7.70. The van der Waals surface area contributed by atoms with Crippen LogP contribution in [-0.4, -0.2) is 63.8 Å². The van der Waals surface area contributed by atoms with E-state index in [1.165, 1.54) is 17.7 Å². The van der Waals surface area contributed by atoms with Gasteiger partial charge in [0.05, 0.1) is 6.61 Å². The largest absolute Gasteiger partial charge is 0.383 e. The molecule has 124 valence electrons. The van der Waals surface area contributed by atoms with E-state index in [0.717, 1.165) is 51.2 Å². The zero-order valence-corrected chi connectivity index (χ0v) is 14.5. The normalized spacial score (nSPS) is 15.3. The van der Waals surface area contributed by atoms with Crippen LogP contribution in [0.3, 0.4) is 0 Å². The molecule has 6 heteroatoms. The Morgan fingerprint density at radius 3 is 2.82 bits per heavy atom. The zero-order chi connectivity index (χ0) is 15.6. The number of guanidine groups is 1. The smallest absolute Gasteiger partial charge is 0.191 e. The molecule has 1 aliphatic carbocycles. The van der Waals surface area contributed by atoms with Gasteiger partial charge in [0.15, 0.2) is 5.96 Å². The van der Waals surface area contributed by atoms with Crippen LogP contribution >= 0.6 is 11.3 Å². The molecule has 1 fully saturated rings. The second kappa shape index (κ2) is 9.82. The first-order valence-electron chi connectivity index (χ1n) is 8.03. The van der Waals surface area contributed by atoms with Gasteiger partial charge in [-0.2, -0.15) is 0 Å². The third-order valence-corrected chi connectivity index (χ3v) is 4.74. The second-order valence-corrected chi connectivity index (χ2v) is 6.55. The van der Waals surface area contributed by atoms with E-state index in [1.807, 2.05) is 7.05 Å². The summed E-state index contributed by atoms with van der Waals surface area (Å²) in [6.07, 6.45) is 3.70. The minimum atomic E-state index is 0.769. The van der Waals surface area contributed by atoms with Crippen LogP contribution < -0.4 is 10.6 Å². The summed E-state index contributed by atoms with van der Waals surface area (Å²) in [6.45, 7) is 4.70. The molecule has 0 bridgehead atoms. The number of ether oxygens (including phenoxy) is 1. The zero-order valence-electron chi connectivity index (χ0n) is 13.7. The average Bonchev–Trinajstić information content (AvgIpc) is 3.25. The van der Waals surface area contributed by atoms with E-state index in [1.54, 1.807) is 18.4 Å². The Hall–Kier alpha value is -1.11. The molecule has 22 heavy (non-hydrogen) atoms. The van der Waals surface area contributed by atoms with Gasteiger partial charge in [-0.3, -0.25) is 9.89 Å². The van der Waals surface area contributed by atoms with Crippen LogP contribution in [-0.2, 0) is 11.2 Å². The summed E-state index contributed by atoms with van der Waals surface area (Å²) >= 11 is 1.80. The van der Waals surface area contributed by atoms with Crippen LogP contribution in [0.4, 0.5) is 0 Å². The minimum absolute atomic E-state index is 0.769. The number of methoxy groups -OCH3 is 1. The molecule has 0 radical (unpaired) electrons. The molecular weight excluding hydrogens is 296 g/mol. The van der Waals surface area contributed by atoms with E-state index in [2.05, 4.69) is 38.0 Å². The highest BCUT2D eigenvalue weighted by molar-refractivity contribution is 7.09. The predicted molar refractivity (Wildman–Crippen MR) is 93.9 cm³/mol. The van der Waals surface area contributed by atoms with E-state index in [9.17, 15) is 0 Å². The highest BCUT2D eigenvalue weighted by atomic mass is 32.1. The van der Waals surface area contributed by atoms with Gasteiger partial charge in [-0.05, 0) is 30.7 Å². The number of nitrogens with zero attached hydrogens (tertiary/aromatic N) is 2. The summed E-state index contributed by atoms with van der Waals surface area (Å²) < 4.78 is 5.19. The van der Waals surface area contributed by atoms with E-state index < -0.39 is 0 Å². The SMILES string of the molecule is CN=C(NCCc1cccs1)NCCN(CCOC)C1CC1. The lowest BCUT2D eigenvalue weighted by Crippen LogP contribution is -2.43. The number of hydrogen-bond acceptors (Lipinski definition) is 4. The summed E-state index contributed by atoms with van der Waals surface area (Å²) in [5.74, 6) is 0.888. The van der Waals surface area contributed by atoms with Crippen molar-refractivity contribution < 1.29 is 4.74 Å². The van der Waals surface area contributed by atoms with Crippen LogP contribution in [0.25, 0.3) is 0 Å². The van der Waals surface area contributed by atoms with Gasteiger partial charge < -0.3 is 15.4 Å². The van der Waals surface area contributed by atoms with Crippen LogP contribution in [0.1, 0.15) is 17.7 Å². The maximum absolute atomic E-state index is 5.19. The third kappa shape index (κ3) is 6.34. The van der Waals surface area contributed by atoms with Gasteiger partial charge in [0.2, 0.25) is 0 Å². The fraction of sp³-hybridized carbons (Fsp3) is 0.688. The van der Waals surface area contributed by atoms with Crippen LogP contribution in [0.2, 0.25) is 0 Å². The van der Waals surface area contributed by atoms with Gasteiger partial charge in [0.1, 0.15) is 0 Å². The molecule has 0 atom stereocenters. The summed E-state index contributed by atoms with van der Waals surface area (Å²) in [4.78, 5) is 8.20. The monoisotopic (exact) mass is 324 g/mol. The fourth-order valence-corrected chi connectivity index (χ4v) is 3.13. The average molecular weight is 324 g/mol.